The number of hydrogen-bond acceptors (Lipinski definition) is 4. The number of nitrogens with zero attached hydrogens (tertiary/aromatic N) is 1. The molecule has 1 N–H and O–H groups in total. The van der Waals surface area contributed by atoms with Gasteiger partial charge in [-0.2, -0.15) is 0 Å². The fourth-order valence-electron chi connectivity index (χ4n) is 4.26. The van der Waals surface area contributed by atoms with Gasteiger partial charge in [-0.1, -0.05) is 69.6 Å². The smallest absolute Gasteiger partial charge is 0.240 e. The van der Waals surface area contributed by atoms with E-state index in [1.165, 1.54) is 11.1 Å². The largest absolute Gasteiger partial charge is 0.360 e. The minimum Gasteiger partial charge on any atom is -0.360 e. The molecule has 5 nitrogen and oxygen atoms in total. The Balaban J connectivity index is 1.38. The Bertz CT molecular complexity index is 1380. The van der Waals surface area contributed by atoms with Gasteiger partial charge < -0.3 is 4.52 Å². The van der Waals surface area contributed by atoms with Gasteiger partial charge in [0.15, 0.2) is 0 Å². The van der Waals surface area contributed by atoms with Crippen LogP contribution in [0, 0.1) is 6.92 Å². The number of nitrogens with one attached hydrogen (secondary N) is 1. The molecule has 1 atom stereocenters. The number of halogens is 1. The first kappa shape index (κ1) is 21.1. The molecule has 4 aromatic rings. The molecule has 0 saturated carbocycles. The number of aryl methyl sites for hydroxylation is 1. The maximum atomic E-state index is 13.0. The minimum atomic E-state index is -3.63. The van der Waals surface area contributed by atoms with Crippen molar-refractivity contribution >= 4 is 26.0 Å². The summed E-state index contributed by atoms with van der Waals surface area (Å²) in [6.45, 7) is 1.86. The number of benzene rings is 3. The standard InChI is InChI=1S/C25H21BrN2O3S/c1-16-24(25(27-31-16)18-5-3-2-4-6-18)17-8-11-23(12-9-17)32(29,30)28-22-14-19-7-10-21(26)13-20(19)15-22/h2-13,22,28H,14-15H2,1H3. The molecule has 1 heterocycles. The number of aromatic nitrogens is 1. The average Bonchev–Trinajstić information content (AvgIpc) is 3.36. The molecular formula is C25H21BrN2O3S. The molecule has 1 aliphatic rings. The van der Waals surface area contributed by atoms with Crippen LogP contribution < -0.4 is 4.72 Å². The molecule has 1 unspecified atom stereocenters. The summed E-state index contributed by atoms with van der Waals surface area (Å²) >= 11 is 3.48. The molecule has 0 amide bonds. The molecule has 162 valence electrons. The maximum Gasteiger partial charge on any atom is 0.240 e. The van der Waals surface area contributed by atoms with Crippen LogP contribution in [0.15, 0.2) is 86.7 Å². The molecular weight excluding hydrogens is 488 g/mol. The number of fused-ring (bicyclic) bond motifs is 1. The van der Waals surface area contributed by atoms with Gasteiger partial charge in [-0.25, -0.2) is 13.1 Å². The van der Waals surface area contributed by atoms with Gasteiger partial charge in [0.25, 0.3) is 0 Å². The van der Waals surface area contributed by atoms with Crippen molar-refractivity contribution < 1.29 is 12.9 Å². The van der Waals surface area contributed by atoms with E-state index in [-0.39, 0.29) is 10.9 Å². The van der Waals surface area contributed by atoms with Gasteiger partial charge in [0.05, 0.1) is 10.5 Å². The molecule has 0 spiro atoms. The summed E-state index contributed by atoms with van der Waals surface area (Å²) in [5, 5.41) is 4.22. The Morgan fingerprint density at radius 3 is 2.41 bits per heavy atom. The first-order chi connectivity index (χ1) is 15.4. The van der Waals surface area contributed by atoms with Crippen LogP contribution in [-0.2, 0) is 22.9 Å². The van der Waals surface area contributed by atoms with Crippen LogP contribution in [-0.4, -0.2) is 19.6 Å². The van der Waals surface area contributed by atoms with Crippen LogP contribution in [0.5, 0.6) is 0 Å². The lowest BCUT2D eigenvalue weighted by Gasteiger charge is -2.13. The Morgan fingerprint density at radius 1 is 0.938 bits per heavy atom. The van der Waals surface area contributed by atoms with Crippen LogP contribution >= 0.6 is 15.9 Å². The Hall–Kier alpha value is -2.74. The second-order valence-electron chi connectivity index (χ2n) is 7.99. The van der Waals surface area contributed by atoms with Gasteiger partial charge >= 0.3 is 0 Å². The van der Waals surface area contributed by atoms with E-state index in [4.69, 9.17) is 4.52 Å². The van der Waals surface area contributed by atoms with Crippen LogP contribution in [0.4, 0.5) is 0 Å². The highest BCUT2D eigenvalue weighted by Gasteiger charge is 2.27. The molecule has 0 radical (unpaired) electrons. The monoisotopic (exact) mass is 508 g/mol. The SMILES string of the molecule is Cc1onc(-c2ccccc2)c1-c1ccc(S(=O)(=O)NC2Cc3ccc(Br)cc3C2)cc1. The quantitative estimate of drug-likeness (QED) is 0.384. The zero-order chi connectivity index (χ0) is 22.3. The van der Waals surface area contributed by atoms with Crippen LogP contribution in [0.1, 0.15) is 16.9 Å². The third kappa shape index (κ3) is 4.03. The molecule has 0 aliphatic heterocycles. The average molecular weight is 509 g/mol. The highest BCUT2D eigenvalue weighted by molar-refractivity contribution is 9.10. The Labute approximate surface area is 195 Å². The summed E-state index contributed by atoms with van der Waals surface area (Å²) in [6.07, 6.45) is 1.38. The fourth-order valence-corrected chi connectivity index (χ4v) is 5.91. The summed E-state index contributed by atoms with van der Waals surface area (Å²) in [4.78, 5) is 0.244. The van der Waals surface area contributed by atoms with E-state index in [2.05, 4.69) is 31.9 Å². The normalized spacial score (nSPS) is 15.6. The fraction of sp³-hybridized carbons (Fsp3) is 0.160. The van der Waals surface area contributed by atoms with E-state index in [0.29, 0.717) is 18.6 Å². The van der Waals surface area contributed by atoms with Gasteiger partial charge in [-0.15, -0.1) is 0 Å². The highest BCUT2D eigenvalue weighted by Crippen LogP contribution is 2.34. The zero-order valence-electron chi connectivity index (χ0n) is 17.4. The number of sulfonamides is 1. The summed E-state index contributed by atoms with van der Waals surface area (Å²) in [7, 11) is -3.63. The van der Waals surface area contributed by atoms with Crippen molar-refractivity contribution in [1.29, 1.82) is 0 Å². The maximum absolute atomic E-state index is 13.0. The third-order valence-corrected chi connectivity index (χ3v) is 7.82. The summed E-state index contributed by atoms with van der Waals surface area (Å²) in [6, 6.07) is 22.6. The molecule has 5 rings (SSSR count). The van der Waals surface area contributed by atoms with E-state index in [0.717, 1.165) is 26.9 Å². The van der Waals surface area contributed by atoms with Gasteiger partial charge in [0, 0.05) is 16.1 Å². The van der Waals surface area contributed by atoms with Gasteiger partial charge in [-0.3, -0.25) is 0 Å². The predicted octanol–water partition coefficient (Wildman–Crippen LogP) is 5.53. The van der Waals surface area contributed by atoms with E-state index < -0.39 is 10.0 Å². The highest BCUT2D eigenvalue weighted by atomic mass is 79.9. The topological polar surface area (TPSA) is 72.2 Å². The third-order valence-electron chi connectivity index (χ3n) is 5.79. The van der Waals surface area contributed by atoms with Crippen LogP contribution in [0.3, 0.4) is 0 Å². The molecule has 0 fully saturated rings. The summed E-state index contributed by atoms with van der Waals surface area (Å²) in [5.74, 6) is 0.687. The van der Waals surface area contributed by atoms with E-state index in [1.807, 2.05) is 49.4 Å². The number of hydrogen-bond donors (Lipinski definition) is 1. The summed E-state index contributed by atoms with van der Waals surface area (Å²) < 4.78 is 35.3. The first-order valence-corrected chi connectivity index (χ1v) is 12.6. The number of rotatable bonds is 5. The van der Waals surface area contributed by atoms with Gasteiger partial charge in [0.1, 0.15) is 11.5 Å². The van der Waals surface area contributed by atoms with Crippen molar-refractivity contribution in [3.05, 3.63) is 94.2 Å². The zero-order valence-corrected chi connectivity index (χ0v) is 19.8. The molecule has 7 heteroatoms. The van der Waals surface area contributed by atoms with Gasteiger partial charge in [-0.05, 0) is 60.7 Å². The second-order valence-corrected chi connectivity index (χ2v) is 10.6. The van der Waals surface area contributed by atoms with Crippen molar-refractivity contribution in [2.75, 3.05) is 0 Å². The first-order valence-electron chi connectivity index (χ1n) is 10.3. The molecule has 0 saturated heterocycles. The lowest BCUT2D eigenvalue weighted by molar-refractivity contribution is 0.400. The van der Waals surface area contributed by atoms with Crippen molar-refractivity contribution in [3.63, 3.8) is 0 Å². The predicted molar refractivity (Wildman–Crippen MR) is 128 cm³/mol. The van der Waals surface area contributed by atoms with Crippen molar-refractivity contribution in [1.82, 2.24) is 9.88 Å². The van der Waals surface area contributed by atoms with Crippen LogP contribution in [0.2, 0.25) is 0 Å². The lowest BCUT2D eigenvalue weighted by atomic mass is 10.00. The second kappa shape index (κ2) is 8.31. The van der Waals surface area contributed by atoms with E-state index >= 15 is 0 Å². The molecule has 1 aromatic heterocycles. The van der Waals surface area contributed by atoms with Crippen molar-refractivity contribution in [2.24, 2.45) is 0 Å². The van der Waals surface area contributed by atoms with Crippen molar-refractivity contribution in [3.8, 4) is 22.4 Å². The molecule has 1 aliphatic carbocycles. The van der Waals surface area contributed by atoms with Gasteiger partial charge in [0.2, 0.25) is 10.0 Å². The Morgan fingerprint density at radius 2 is 1.66 bits per heavy atom. The van der Waals surface area contributed by atoms with Crippen molar-refractivity contribution in [2.45, 2.75) is 30.7 Å². The summed E-state index contributed by atoms with van der Waals surface area (Å²) in [5.41, 5.74) is 5.79. The molecule has 0 bridgehead atoms. The molecule has 32 heavy (non-hydrogen) atoms. The van der Waals surface area contributed by atoms with E-state index in [9.17, 15) is 8.42 Å². The lowest BCUT2D eigenvalue weighted by Crippen LogP contribution is -2.35. The molecule has 3 aromatic carbocycles. The Kier molecular flexibility index (Phi) is 5.49. The minimum absolute atomic E-state index is 0.144. The van der Waals surface area contributed by atoms with Crippen LogP contribution in [0.25, 0.3) is 22.4 Å². The van der Waals surface area contributed by atoms with E-state index in [1.54, 1.807) is 24.3 Å².